The number of nitrogens with zero attached hydrogens (tertiary/aromatic N) is 1. The molecule has 1 fully saturated rings. The van der Waals surface area contributed by atoms with Gasteiger partial charge in [0.1, 0.15) is 6.04 Å². The third-order valence-electron chi connectivity index (χ3n) is 3.70. The van der Waals surface area contributed by atoms with Crippen LogP contribution >= 0.6 is 15.9 Å². The van der Waals surface area contributed by atoms with Crippen LogP contribution < -0.4 is 4.72 Å². The van der Waals surface area contributed by atoms with Crippen LogP contribution in [0.2, 0.25) is 0 Å². The van der Waals surface area contributed by atoms with Crippen molar-refractivity contribution in [3.05, 3.63) is 28.7 Å². The van der Waals surface area contributed by atoms with Crippen LogP contribution in [0.25, 0.3) is 0 Å². The Morgan fingerprint density at radius 2 is 1.96 bits per heavy atom. The van der Waals surface area contributed by atoms with Crippen molar-refractivity contribution in [2.75, 3.05) is 6.54 Å². The van der Waals surface area contributed by atoms with E-state index in [1.807, 2.05) is 6.92 Å². The van der Waals surface area contributed by atoms with Crippen LogP contribution in [0.1, 0.15) is 32.6 Å². The summed E-state index contributed by atoms with van der Waals surface area (Å²) in [7, 11) is -3.93. The van der Waals surface area contributed by atoms with Crippen molar-refractivity contribution in [2.24, 2.45) is 0 Å². The summed E-state index contributed by atoms with van der Waals surface area (Å²) in [4.78, 5) is 25.8. The van der Waals surface area contributed by atoms with Crippen molar-refractivity contribution in [3.8, 4) is 0 Å². The average molecular weight is 403 g/mol. The average Bonchev–Trinajstić information content (AvgIpc) is 2.97. The molecule has 0 bridgehead atoms. The van der Waals surface area contributed by atoms with Gasteiger partial charge in [-0.25, -0.2) is 13.1 Å². The highest BCUT2D eigenvalue weighted by Gasteiger charge is 2.35. The molecule has 0 aromatic heterocycles. The quantitative estimate of drug-likeness (QED) is 0.816. The van der Waals surface area contributed by atoms with E-state index in [1.165, 1.54) is 17.0 Å². The molecule has 2 amide bonds. The Hall–Kier alpha value is -1.41. The number of halogens is 1. The molecule has 1 aromatic carbocycles. The number of carbonyl (C=O) groups excluding carboxylic acids is 2. The summed E-state index contributed by atoms with van der Waals surface area (Å²) in [6, 6.07) is 5.29. The largest absolute Gasteiger partial charge is 0.331 e. The molecule has 0 aliphatic carbocycles. The monoisotopic (exact) mass is 402 g/mol. The van der Waals surface area contributed by atoms with E-state index in [0.29, 0.717) is 32.2 Å². The normalized spacial score (nSPS) is 18.0. The smallest absolute Gasteiger partial charge is 0.264 e. The number of hydrogen-bond acceptors (Lipinski definition) is 4. The number of amides is 2. The molecule has 1 aliphatic heterocycles. The fourth-order valence-corrected chi connectivity index (χ4v) is 3.85. The lowest BCUT2D eigenvalue weighted by Crippen LogP contribution is -2.47. The second-order valence-electron chi connectivity index (χ2n) is 5.42. The molecule has 1 N–H and O–H groups in total. The first-order chi connectivity index (χ1) is 10.8. The van der Waals surface area contributed by atoms with Crippen LogP contribution in [0.4, 0.5) is 0 Å². The Bertz CT molecular complexity index is 688. The third kappa shape index (κ3) is 4.32. The van der Waals surface area contributed by atoms with Crippen LogP contribution in [0.3, 0.4) is 0 Å². The maximum absolute atomic E-state index is 12.3. The second kappa shape index (κ2) is 7.44. The van der Waals surface area contributed by atoms with Gasteiger partial charge in [0.05, 0.1) is 4.90 Å². The van der Waals surface area contributed by atoms with Gasteiger partial charge in [0.15, 0.2) is 0 Å². The molecule has 0 radical (unpaired) electrons. The number of rotatable bonds is 5. The van der Waals surface area contributed by atoms with E-state index < -0.39 is 22.0 Å². The van der Waals surface area contributed by atoms with Gasteiger partial charge in [0.2, 0.25) is 5.91 Å². The van der Waals surface area contributed by atoms with Crippen LogP contribution in [-0.2, 0) is 19.6 Å². The summed E-state index contributed by atoms with van der Waals surface area (Å²) in [5, 5.41) is 0. The Kier molecular flexibility index (Phi) is 5.80. The van der Waals surface area contributed by atoms with E-state index in [-0.39, 0.29) is 10.8 Å². The Morgan fingerprint density at radius 1 is 1.30 bits per heavy atom. The minimum absolute atomic E-state index is 0.0125. The number of sulfonamides is 1. The van der Waals surface area contributed by atoms with Gasteiger partial charge in [-0.05, 0) is 43.5 Å². The molecule has 0 spiro atoms. The highest BCUT2D eigenvalue weighted by atomic mass is 79.9. The Balaban J connectivity index is 2.11. The Labute approximate surface area is 144 Å². The van der Waals surface area contributed by atoms with Gasteiger partial charge >= 0.3 is 0 Å². The predicted molar refractivity (Wildman–Crippen MR) is 89.1 cm³/mol. The SMILES string of the molecule is CCCC(=O)N1CCCC1C(=O)NS(=O)(=O)c1ccc(Br)cc1. The summed E-state index contributed by atoms with van der Waals surface area (Å²) >= 11 is 3.23. The lowest BCUT2D eigenvalue weighted by Gasteiger charge is -2.23. The summed E-state index contributed by atoms with van der Waals surface area (Å²) < 4.78 is 27.4. The molecule has 8 heteroatoms. The molecule has 1 unspecified atom stereocenters. The van der Waals surface area contributed by atoms with Crippen LogP contribution in [-0.4, -0.2) is 37.7 Å². The van der Waals surface area contributed by atoms with E-state index in [9.17, 15) is 18.0 Å². The zero-order valence-corrected chi connectivity index (χ0v) is 15.2. The van der Waals surface area contributed by atoms with Crippen molar-refractivity contribution >= 4 is 37.8 Å². The van der Waals surface area contributed by atoms with Crippen LogP contribution in [0.5, 0.6) is 0 Å². The fourth-order valence-electron chi connectivity index (χ4n) is 2.57. The highest BCUT2D eigenvalue weighted by molar-refractivity contribution is 9.10. The zero-order chi connectivity index (χ0) is 17.0. The Morgan fingerprint density at radius 3 is 2.57 bits per heavy atom. The minimum Gasteiger partial charge on any atom is -0.331 e. The summed E-state index contributed by atoms with van der Waals surface area (Å²) in [6.45, 7) is 2.39. The lowest BCUT2D eigenvalue weighted by atomic mass is 10.2. The number of carbonyl (C=O) groups is 2. The number of benzene rings is 1. The van der Waals surface area contributed by atoms with Gasteiger partial charge in [-0.15, -0.1) is 0 Å². The first-order valence-electron chi connectivity index (χ1n) is 7.47. The molecular weight excluding hydrogens is 384 g/mol. The summed E-state index contributed by atoms with van der Waals surface area (Å²) in [6.07, 6.45) is 2.24. The molecule has 1 saturated heterocycles. The number of nitrogens with one attached hydrogen (secondary N) is 1. The predicted octanol–water partition coefficient (Wildman–Crippen LogP) is 2.05. The van der Waals surface area contributed by atoms with Crippen molar-refractivity contribution in [2.45, 2.75) is 43.5 Å². The van der Waals surface area contributed by atoms with Gasteiger partial charge in [-0.1, -0.05) is 22.9 Å². The van der Waals surface area contributed by atoms with E-state index in [0.717, 1.165) is 4.47 Å². The maximum Gasteiger partial charge on any atom is 0.264 e. The van der Waals surface area contributed by atoms with E-state index >= 15 is 0 Å². The van der Waals surface area contributed by atoms with Gasteiger partial charge < -0.3 is 4.90 Å². The van der Waals surface area contributed by atoms with Crippen molar-refractivity contribution in [1.82, 2.24) is 9.62 Å². The first kappa shape index (κ1) is 17.9. The summed E-state index contributed by atoms with van der Waals surface area (Å²) in [5.74, 6) is -0.749. The highest BCUT2D eigenvalue weighted by Crippen LogP contribution is 2.20. The lowest BCUT2D eigenvalue weighted by molar-refractivity contribution is -0.137. The molecule has 1 atom stereocenters. The van der Waals surface area contributed by atoms with Crippen molar-refractivity contribution < 1.29 is 18.0 Å². The van der Waals surface area contributed by atoms with Crippen LogP contribution in [0, 0.1) is 0 Å². The standard InChI is InChI=1S/C15H19BrN2O4S/c1-2-4-14(19)18-10-3-5-13(18)15(20)17-23(21,22)12-8-6-11(16)7-9-12/h6-9,13H,2-5,10H2,1H3,(H,17,20). The topological polar surface area (TPSA) is 83.6 Å². The van der Waals surface area contributed by atoms with E-state index in [2.05, 4.69) is 20.7 Å². The van der Waals surface area contributed by atoms with Gasteiger partial charge in [0, 0.05) is 17.4 Å². The minimum atomic E-state index is -3.93. The fraction of sp³-hybridized carbons (Fsp3) is 0.467. The molecule has 1 aliphatic rings. The molecule has 2 rings (SSSR count). The molecule has 0 saturated carbocycles. The molecule has 6 nitrogen and oxygen atoms in total. The van der Waals surface area contributed by atoms with Gasteiger partial charge in [-0.3, -0.25) is 9.59 Å². The van der Waals surface area contributed by atoms with Gasteiger partial charge in [0.25, 0.3) is 15.9 Å². The molecule has 1 heterocycles. The number of likely N-dealkylation sites (tertiary alicyclic amines) is 1. The third-order valence-corrected chi connectivity index (χ3v) is 5.59. The van der Waals surface area contributed by atoms with Crippen molar-refractivity contribution in [3.63, 3.8) is 0 Å². The van der Waals surface area contributed by atoms with Gasteiger partial charge in [-0.2, -0.15) is 0 Å². The summed E-state index contributed by atoms with van der Waals surface area (Å²) in [5.41, 5.74) is 0. The van der Waals surface area contributed by atoms with Crippen LogP contribution in [0.15, 0.2) is 33.6 Å². The molecule has 126 valence electrons. The zero-order valence-electron chi connectivity index (χ0n) is 12.8. The van der Waals surface area contributed by atoms with Crippen molar-refractivity contribution in [1.29, 1.82) is 0 Å². The molecule has 1 aromatic rings. The van der Waals surface area contributed by atoms with E-state index in [4.69, 9.17) is 0 Å². The molecular formula is C15H19BrN2O4S. The second-order valence-corrected chi connectivity index (χ2v) is 8.02. The van der Waals surface area contributed by atoms with E-state index in [1.54, 1.807) is 12.1 Å². The first-order valence-corrected chi connectivity index (χ1v) is 9.74. The number of hydrogen-bond donors (Lipinski definition) is 1. The maximum atomic E-state index is 12.3. The molecule has 23 heavy (non-hydrogen) atoms.